The summed E-state index contributed by atoms with van der Waals surface area (Å²) < 4.78 is 70.3. The molecule has 1 fully saturated rings. The van der Waals surface area contributed by atoms with Crippen molar-refractivity contribution in [1.82, 2.24) is 5.32 Å². The van der Waals surface area contributed by atoms with Gasteiger partial charge in [-0.25, -0.2) is 13.6 Å². The van der Waals surface area contributed by atoms with Crippen LogP contribution in [0, 0.1) is 11.6 Å². The van der Waals surface area contributed by atoms with Gasteiger partial charge in [0, 0.05) is 24.5 Å². The fourth-order valence-electron chi connectivity index (χ4n) is 2.99. The van der Waals surface area contributed by atoms with Crippen molar-refractivity contribution in [2.45, 2.75) is 24.9 Å². The first-order valence-corrected chi connectivity index (χ1v) is 9.10. The molecule has 0 aliphatic carbocycles. The van der Waals surface area contributed by atoms with E-state index in [-0.39, 0.29) is 29.7 Å². The van der Waals surface area contributed by atoms with Crippen LogP contribution in [0.25, 0.3) is 0 Å². The number of alkyl halides is 3. The lowest BCUT2D eigenvalue weighted by Crippen LogP contribution is -2.46. The van der Waals surface area contributed by atoms with Crippen LogP contribution in [0.1, 0.15) is 17.5 Å². The summed E-state index contributed by atoms with van der Waals surface area (Å²) in [4.78, 5) is 25.1. The third kappa shape index (κ3) is 5.05. The number of halogens is 6. The van der Waals surface area contributed by atoms with Gasteiger partial charge in [0.15, 0.2) is 0 Å². The Morgan fingerprint density at radius 2 is 1.94 bits per heavy atom. The van der Waals surface area contributed by atoms with Gasteiger partial charge in [0.1, 0.15) is 11.6 Å². The van der Waals surface area contributed by atoms with E-state index >= 15 is 0 Å². The maximum atomic E-state index is 14.2. The largest absolute Gasteiger partial charge is 0.416 e. The van der Waals surface area contributed by atoms with Crippen molar-refractivity contribution in [3.8, 4) is 0 Å². The number of benzene rings is 2. The topological polar surface area (TPSA) is 78.9 Å². The molecule has 1 atom stereocenters. The Kier molecular flexibility index (Phi) is 6.10. The summed E-state index contributed by atoms with van der Waals surface area (Å²) in [7, 11) is 0. The van der Waals surface area contributed by atoms with Gasteiger partial charge >= 0.3 is 12.3 Å². The van der Waals surface area contributed by atoms with Crippen LogP contribution in [-0.4, -0.2) is 29.4 Å². The van der Waals surface area contributed by atoms with Gasteiger partial charge < -0.3 is 20.1 Å². The Labute approximate surface area is 177 Å². The molecule has 0 radical (unpaired) electrons. The highest BCUT2D eigenvalue weighted by molar-refractivity contribution is 6.30. The molecule has 1 aliphatic heterocycles. The number of carbonyl (C=O) groups is 2. The van der Waals surface area contributed by atoms with Gasteiger partial charge in [-0.3, -0.25) is 4.79 Å². The Morgan fingerprint density at radius 1 is 1.23 bits per heavy atom. The maximum Gasteiger partial charge on any atom is 0.416 e. The smallest absolute Gasteiger partial charge is 0.407 e. The fraction of sp³-hybridized carbons (Fsp3) is 0.263. The first-order valence-electron chi connectivity index (χ1n) is 8.72. The molecule has 1 heterocycles. The van der Waals surface area contributed by atoms with Crippen LogP contribution in [0.5, 0.6) is 0 Å². The van der Waals surface area contributed by atoms with Crippen LogP contribution in [-0.2, 0) is 22.3 Å². The summed E-state index contributed by atoms with van der Waals surface area (Å²) >= 11 is 5.70. The molecule has 0 spiro atoms. The lowest BCUT2D eigenvalue weighted by molar-refractivity contribution is -0.175. The fourth-order valence-corrected chi connectivity index (χ4v) is 3.23. The minimum atomic E-state index is -4.78. The van der Waals surface area contributed by atoms with Crippen LogP contribution >= 0.6 is 11.6 Å². The highest BCUT2D eigenvalue weighted by atomic mass is 35.5. The molecule has 2 N–H and O–H groups in total. The predicted molar refractivity (Wildman–Crippen MR) is 98.1 cm³/mol. The number of amides is 2. The van der Waals surface area contributed by atoms with Crippen LogP contribution in [0.2, 0.25) is 5.02 Å². The second-order valence-electron chi connectivity index (χ2n) is 6.68. The molecule has 0 bridgehead atoms. The molecule has 3 rings (SSSR count). The van der Waals surface area contributed by atoms with Crippen LogP contribution in [0.3, 0.4) is 0 Å². The van der Waals surface area contributed by atoms with Crippen molar-refractivity contribution >= 4 is 29.3 Å². The number of hydrogen-bond acceptors (Lipinski definition) is 4. The first kappa shape index (κ1) is 22.8. The van der Waals surface area contributed by atoms with Gasteiger partial charge in [0.2, 0.25) is 0 Å². The maximum absolute atomic E-state index is 14.2. The van der Waals surface area contributed by atoms with E-state index in [4.69, 9.17) is 16.3 Å². The van der Waals surface area contributed by atoms with Crippen LogP contribution < -0.4 is 10.2 Å². The molecule has 12 heteroatoms. The van der Waals surface area contributed by atoms with E-state index in [1.165, 1.54) is 6.07 Å². The van der Waals surface area contributed by atoms with Crippen LogP contribution in [0.15, 0.2) is 36.4 Å². The van der Waals surface area contributed by atoms with E-state index in [1.54, 1.807) is 0 Å². The number of nitrogens with zero attached hydrogens (tertiary/aromatic N) is 1. The number of nitrogens with one attached hydrogen (secondary N) is 1. The zero-order chi connectivity index (χ0) is 23.0. The standard InChI is InChI=1S/C19H14ClF5N2O4/c20-12-5-10(6-13(21)8-12)9-26-17(29)31-18(30)3-4-27(16(18)28)15-2-1-11(7-14(15)22)19(23,24)25/h1-2,5-8,30H,3-4,9H2,(H,26,29)/t18-/m0/s1. The molecule has 166 valence electrons. The molecule has 1 saturated heterocycles. The van der Waals surface area contributed by atoms with Crippen molar-refractivity contribution in [2.75, 3.05) is 11.4 Å². The van der Waals surface area contributed by atoms with Gasteiger partial charge in [-0.15, -0.1) is 0 Å². The van der Waals surface area contributed by atoms with E-state index < -0.39 is 53.3 Å². The molecule has 2 aromatic rings. The summed E-state index contributed by atoms with van der Waals surface area (Å²) in [5.41, 5.74) is -1.48. The molecule has 2 aromatic carbocycles. The molecule has 0 unspecified atom stereocenters. The minimum absolute atomic E-state index is 0.0870. The molecular weight excluding hydrogens is 451 g/mol. The number of anilines is 1. The summed E-state index contributed by atoms with van der Waals surface area (Å²) in [6.45, 7) is -0.553. The molecule has 0 saturated carbocycles. The Morgan fingerprint density at radius 3 is 2.55 bits per heavy atom. The Hall–Kier alpha value is -2.92. The average Bonchev–Trinajstić information content (AvgIpc) is 2.93. The third-order valence-electron chi connectivity index (χ3n) is 4.44. The van der Waals surface area contributed by atoms with Crippen LogP contribution in [0.4, 0.5) is 32.4 Å². The van der Waals surface area contributed by atoms with Gasteiger partial charge in [-0.1, -0.05) is 11.6 Å². The van der Waals surface area contributed by atoms with E-state index in [0.717, 1.165) is 18.2 Å². The van der Waals surface area contributed by atoms with Gasteiger partial charge in [-0.2, -0.15) is 13.2 Å². The summed E-state index contributed by atoms with van der Waals surface area (Å²) in [5, 5.41) is 12.7. The first-order chi connectivity index (χ1) is 14.4. The van der Waals surface area contributed by atoms with Gasteiger partial charge in [0.05, 0.1) is 11.3 Å². The highest BCUT2D eigenvalue weighted by Gasteiger charge is 2.50. The SMILES string of the molecule is O=C(NCc1cc(F)cc(Cl)c1)O[C@@]1(O)CCN(c2ccc(C(F)(F)F)cc2F)C1=O. The summed E-state index contributed by atoms with van der Waals surface area (Å²) in [6, 6.07) is 5.07. The molecule has 2 amide bonds. The second kappa shape index (κ2) is 8.31. The van der Waals surface area contributed by atoms with E-state index in [2.05, 4.69) is 5.32 Å². The van der Waals surface area contributed by atoms with Gasteiger partial charge in [-0.05, 0) is 42.0 Å². The average molecular weight is 465 g/mol. The molecule has 0 aromatic heterocycles. The zero-order valence-corrected chi connectivity index (χ0v) is 16.2. The van der Waals surface area contributed by atoms with Crippen molar-refractivity contribution < 1.29 is 41.4 Å². The zero-order valence-electron chi connectivity index (χ0n) is 15.5. The summed E-state index contributed by atoms with van der Waals surface area (Å²) in [6.07, 6.45) is -6.46. The highest BCUT2D eigenvalue weighted by Crippen LogP contribution is 2.35. The van der Waals surface area contributed by atoms with Crippen molar-refractivity contribution in [3.05, 3.63) is 64.2 Å². The monoisotopic (exact) mass is 464 g/mol. The quantitative estimate of drug-likeness (QED) is 0.530. The van der Waals surface area contributed by atoms with E-state index in [9.17, 15) is 36.6 Å². The molecular formula is C19H14ClF5N2O4. The normalized spacial score (nSPS) is 18.9. The predicted octanol–water partition coefficient (Wildman–Crippen LogP) is 3.99. The minimum Gasteiger partial charge on any atom is -0.407 e. The lowest BCUT2D eigenvalue weighted by atomic mass is 10.2. The number of alkyl carbamates (subject to hydrolysis) is 1. The molecule has 31 heavy (non-hydrogen) atoms. The van der Waals surface area contributed by atoms with E-state index in [0.29, 0.717) is 11.0 Å². The second-order valence-corrected chi connectivity index (χ2v) is 7.11. The van der Waals surface area contributed by atoms with Gasteiger partial charge in [0.25, 0.3) is 11.7 Å². The number of rotatable bonds is 4. The number of hydrogen-bond donors (Lipinski definition) is 2. The van der Waals surface area contributed by atoms with E-state index in [1.807, 2.05) is 0 Å². The van der Waals surface area contributed by atoms with Crippen molar-refractivity contribution in [1.29, 1.82) is 0 Å². The lowest BCUT2D eigenvalue weighted by Gasteiger charge is -2.23. The van der Waals surface area contributed by atoms with Crippen molar-refractivity contribution in [3.63, 3.8) is 0 Å². The summed E-state index contributed by atoms with van der Waals surface area (Å²) in [5.74, 6) is -5.86. The van der Waals surface area contributed by atoms with Crippen molar-refractivity contribution in [2.24, 2.45) is 0 Å². The molecule has 6 nitrogen and oxygen atoms in total. The Balaban J connectivity index is 1.67. The Bertz CT molecular complexity index is 1010. The number of ether oxygens (including phenoxy) is 1. The molecule has 1 aliphatic rings. The number of carbonyl (C=O) groups excluding carboxylic acids is 2. The third-order valence-corrected chi connectivity index (χ3v) is 4.66. The number of aliphatic hydroxyl groups is 1.